The second-order valence-corrected chi connectivity index (χ2v) is 4.94. The number of hydrogen-bond donors (Lipinski definition) is 1. The van der Waals surface area contributed by atoms with E-state index in [1.807, 2.05) is 24.5 Å². The maximum atomic E-state index is 13.8. The van der Waals surface area contributed by atoms with Crippen LogP contribution in [0.4, 0.5) is 10.2 Å². The van der Waals surface area contributed by atoms with E-state index in [2.05, 4.69) is 9.97 Å². The van der Waals surface area contributed by atoms with Crippen molar-refractivity contribution in [3.05, 3.63) is 47.2 Å². The first-order valence-electron chi connectivity index (χ1n) is 6.35. The van der Waals surface area contributed by atoms with Gasteiger partial charge in [0.25, 0.3) is 0 Å². The zero-order valence-electron chi connectivity index (χ0n) is 11.6. The minimum Gasteiger partial charge on any atom is -0.383 e. The highest BCUT2D eigenvalue weighted by Gasteiger charge is 2.16. The molecule has 0 aliphatic rings. The molecule has 0 unspecified atom stereocenters. The summed E-state index contributed by atoms with van der Waals surface area (Å²) < 4.78 is 15.7. The third-order valence-electron chi connectivity index (χ3n) is 3.74. The Morgan fingerprint density at radius 1 is 1.15 bits per heavy atom. The zero-order chi connectivity index (χ0) is 14.4. The van der Waals surface area contributed by atoms with E-state index in [1.54, 1.807) is 13.0 Å². The normalized spacial score (nSPS) is 11.2. The fourth-order valence-electron chi connectivity index (χ4n) is 2.46. The highest BCUT2D eigenvalue weighted by Crippen LogP contribution is 2.30. The summed E-state index contributed by atoms with van der Waals surface area (Å²) in [5.74, 6) is 0.213. The van der Waals surface area contributed by atoms with Crippen molar-refractivity contribution in [2.45, 2.75) is 20.8 Å². The van der Waals surface area contributed by atoms with Gasteiger partial charge in [-0.1, -0.05) is 6.07 Å². The lowest BCUT2D eigenvalue weighted by Crippen LogP contribution is -2.00. The SMILES string of the molecule is Cc1ccc(-n2c(C)c(C)c3c(N)ncnc32)cc1F. The Morgan fingerprint density at radius 2 is 1.90 bits per heavy atom. The topological polar surface area (TPSA) is 56.7 Å². The average molecular weight is 270 g/mol. The third kappa shape index (κ3) is 1.66. The molecule has 0 saturated carbocycles. The molecule has 0 bridgehead atoms. The summed E-state index contributed by atoms with van der Waals surface area (Å²) in [5, 5.41) is 0.825. The van der Waals surface area contributed by atoms with E-state index in [9.17, 15) is 4.39 Å². The largest absolute Gasteiger partial charge is 0.383 e. The Kier molecular flexibility index (Phi) is 2.71. The number of halogens is 1. The first-order chi connectivity index (χ1) is 9.50. The van der Waals surface area contributed by atoms with Gasteiger partial charge in [0, 0.05) is 5.69 Å². The monoisotopic (exact) mass is 270 g/mol. The predicted molar refractivity (Wildman–Crippen MR) is 77.4 cm³/mol. The Morgan fingerprint density at radius 3 is 2.60 bits per heavy atom. The molecule has 0 radical (unpaired) electrons. The van der Waals surface area contributed by atoms with Crippen LogP contribution in [0.3, 0.4) is 0 Å². The van der Waals surface area contributed by atoms with Gasteiger partial charge in [0.1, 0.15) is 18.0 Å². The third-order valence-corrected chi connectivity index (χ3v) is 3.74. The highest BCUT2D eigenvalue weighted by atomic mass is 19.1. The Hall–Kier alpha value is -2.43. The van der Waals surface area contributed by atoms with Crippen molar-refractivity contribution in [3.63, 3.8) is 0 Å². The molecule has 0 aliphatic carbocycles. The Labute approximate surface area is 116 Å². The number of fused-ring (bicyclic) bond motifs is 1. The van der Waals surface area contributed by atoms with Crippen LogP contribution in [0.1, 0.15) is 16.8 Å². The van der Waals surface area contributed by atoms with E-state index >= 15 is 0 Å². The minimum absolute atomic E-state index is 0.233. The lowest BCUT2D eigenvalue weighted by Gasteiger charge is -2.09. The van der Waals surface area contributed by atoms with Crippen molar-refractivity contribution >= 4 is 16.9 Å². The van der Waals surface area contributed by atoms with Crippen LogP contribution in [-0.2, 0) is 0 Å². The maximum absolute atomic E-state index is 13.8. The van der Waals surface area contributed by atoms with E-state index < -0.39 is 0 Å². The van der Waals surface area contributed by atoms with Crippen LogP contribution in [0.2, 0.25) is 0 Å². The van der Waals surface area contributed by atoms with Crippen LogP contribution < -0.4 is 5.73 Å². The van der Waals surface area contributed by atoms with Crippen molar-refractivity contribution in [1.29, 1.82) is 0 Å². The molecule has 3 aromatic rings. The van der Waals surface area contributed by atoms with Gasteiger partial charge in [-0.05, 0) is 44.0 Å². The number of nitrogen functional groups attached to an aromatic ring is 1. The van der Waals surface area contributed by atoms with Gasteiger partial charge >= 0.3 is 0 Å². The summed E-state index contributed by atoms with van der Waals surface area (Å²) >= 11 is 0. The van der Waals surface area contributed by atoms with Crippen LogP contribution in [0.5, 0.6) is 0 Å². The van der Waals surface area contributed by atoms with Gasteiger partial charge in [-0.3, -0.25) is 4.57 Å². The van der Waals surface area contributed by atoms with Gasteiger partial charge in [-0.15, -0.1) is 0 Å². The van der Waals surface area contributed by atoms with Gasteiger partial charge in [-0.25, -0.2) is 14.4 Å². The first-order valence-corrected chi connectivity index (χ1v) is 6.35. The van der Waals surface area contributed by atoms with Crippen LogP contribution in [0.15, 0.2) is 24.5 Å². The van der Waals surface area contributed by atoms with E-state index in [1.165, 1.54) is 12.4 Å². The highest BCUT2D eigenvalue weighted by molar-refractivity contribution is 5.92. The van der Waals surface area contributed by atoms with Gasteiger partial charge in [-0.2, -0.15) is 0 Å². The van der Waals surface area contributed by atoms with Crippen LogP contribution in [-0.4, -0.2) is 14.5 Å². The molecule has 3 rings (SSSR count). The van der Waals surface area contributed by atoms with Crippen molar-refractivity contribution < 1.29 is 4.39 Å². The molecule has 0 amide bonds. The molecule has 1 aromatic carbocycles. The van der Waals surface area contributed by atoms with Crippen LogP contribution in [0.25, 0.3) is 16.7 Å². The molecule has 4 nitrogen and oxygen atoms in total. The fraction of sp³-hybridized carbons (Fsp3) is 0.200. The number of aromatic nitrogens is 3. The van der Waals surface area contributed by atoms with E-state index in [0.717, 1.165) is 22.3 Å². The lowest BCUT2D eigenvalue weighted by molar-refractivity contribution is 0.617. The van der Waals surface area contributed by atoms with Crippen molar-refractivity contribution in [1.82, 2.24) is 14.5 Å². The van der Waals surface area contributed by atoms with E-state index in [4.69, 9.17) is 5.73 Å². The molecule has 2 aromatic heterocycles. The molecule has 0 aliphatic heterocycles. The summed E-state index contributed by atoms with van der Waals surface area (Å²) in [6.45, 7) is 5.68. The quantitative estimate of drug-likeness (QED) is 0.739. The number of anilines is 1. The molecule has 2 heterocycles. The lowest BCUT2D eigenvalue weighted by atomic mass is 10.2. The van der Waals surface area contributed by atoms with E-state index in [0.29, 0.717) is 17.0 Å². The number of aryl methyl sites for hydroxylation is 2. The number of hydrogen-bond acceptors (Lipinski definition) is 3. The molecular weight excluding hydrogens is 255 g/mol. The Bertz CT molecular complexity index is 820. The Balaban J connectivity index is 2.39. The average Bonchev–Trinajstić information content (AvgIpc) is 2.67. The maximum Gasteiger partial charge on any atom is 0.150 e. The van der Waals surface area contributed by atoms with E-state index in [-0.39, 0.29) is 5.82 Å². The number of rotatable bonds is 1. The molecule has 2 N–H and O–H groups in total. The summed E-state index contributed by atoms with van der Waals surface area (Å²) in [6.07, 6.45) is 1.43. The molecule has 5 heteroatoms. The van der Waals surface area contributed by atoms with Crippen molar-refractivity contribution in [2.75, 3.05) is 5.73 Å². The van der Waals surface area contributed by atoms with Gasteiger partial charge in [0.05, 0.1) is 11.1 Å². The smallest absolute Gasteiger partial charge is 0.150 e. The van der Waals surface area contributed by atoms with Crippen molar-refractivity contribution in [2.24, 2.45) is 0 Å². The summed E-state index contributed by atoms with van der Waals surface area (Å²) in [6, 6.07) is 5.15. The van der Waals surface area contributed by atoms with Crippen molar-refractivity contribution in [3.8, 4) is 5.69 Å². The predicted octanol–water partition coefficient (Wildman–Crippen LogP) is 3.07. The van der Waals surface area contributed by atoms with Crippen LogP contribution in [0, 0.1) is 26.6 Å². The molecule has 0 spiro atoms. The summed E-state index contributed by atoms with van der Waals surface area (Å²) in [7, 11) is 0. The van der Waals surface area contributed by atoms with Gasteiger partial charge in [0.2, 0.25) is 0 Å². The van der Waals surface area contributed by atoms with Crippen LogP contribution >= 0.6 is 0 Å². The molecule has 0 saturated heterocycles. The zero-order valence-corrected chi connectivity index (χ0v) is 11.6. The van der Waals surface area contributed by atoms with Gasteiger partial charge in [0.15, 0.2) is 5.65 Å². The molecular formula is C15H15FN4. The number of nitrogens with zero attached hydrogens (tertiary/aromatic N) is 3. The standard InChI is InChI=1S/C15H15FN4/c1-8-4-5-11(6-12(8)16)20-10(3)9(2)13-14(17)18-7-19-15(13)20/h4-7H,1-3H3,(H2,17,18,19). The molecule has 102 valence electrons. The minimum atomic E-state index is -0.233. The second-order valence-electron chi connectivity index (χ2n) is 4.94. The number of nitrogens with two attached hydrogens (primary N) is 1. The van der Waals surface area contributed by atoms with Gasteiger partial charge < -0.3 is 5.73 Å². The summed E-state index contributed by atoms with van der Waals surface area (Å²) in [5.41, 5.74) is 9.99. The summed E-state index contributed by atoms with van der Waals surface area (Å²) in [4.78, 5) is 8.33. The number of benzene rings is 1. The molecule has 20 heavy (non-hydrogen) atoms. The fourth-order valence-corrected chi connectivity index (χ4v) is 2.46. The molecule has 0 atom stereocenters. The molecule has 0 fully saturated rings. The first kappa shape index (κ1) is 12.6. The second kappa shape index (κ2) is 4.30.